The number of ether oxygens (including phenoxy) is 1. The second-order valence-corrected chi connectivity index (χ2v) is 4.92. The van der Waals surface area contributed by atoms with Crippen LogP contribution in [0.15, 0.2) is 0 Å². The van der Waals surface area contributed by atoms with Crippen LogP contribution in [0.3, 0.4) is 0 Å². The molecule has 5 nitrogen and oxygen atoms in total. The van der Waals surface area contributed by atoms with Crippen molar-refractivity contribution in [2.24, 2.45) is 11.1 Å². The molecule has 0 aromatic heterocycles. The normalized spacial score (nSPS) is 17.4. The largest absolute Gasteiger partial charge is 0.480 e. The predicted octanol–water partition coefficient (Wildman–Crippen LogP) is 1.16. The number of carbonyl (C=O) groups is 2. The fourth-order valence-electron chi connectivity index (χ4n) is 1.45. The first-order valence-corrected chi connectivity index (χ1v) is 5.30. The van der Waals surface area contributed by atoms with Gasteiger partial charge in [0.05, 0.1) is 0 Å². The summed E-state index contributed by atoms with van der Waals surface area (Å²) in [4.78, 5) is 23.2. The van der Waals surface area contributed by atoms with Crippen LogP contribution in [0.1, 0.15) is 41.0 Å². The van der Waals surface area contributed by atoms with E-state index in [1.54, 1.807) is 27.7 Å². The first kappa shape index (κ1) is 14.9. The van der Waals surface area contributed by atoms with Gasteiger partial charge in [0.2, 0.25) is 0 Å². The van der Waals surface area contributed by atoms with Crippen molar-refractivity contribution in [3.05, 3.63) is 0 Å². The first-order valence-electron chi connectivity index (χ1n) is 5.30. The van der Waals surface area contributed by atoms with E-state index in [4.69, 9.17) is 10.5 Å². The summed E-state index contributed by atoms with van der Waals surface area (Å²) in [6.07, 6.45) is 0.106. The average Bonchev–Trinajstić information content (AvgIpc) is 2.00. The van der Waals surface area contributed by atoms with Gasteiger partial charge in [0, 0.05) is 6.04 Å². The van der Waals surface area contributed by atoms with Crippen molar-refractivity contribution >= 4 is 11.9 Å². The maximum atomic E-state index is 11.9. The Bertz CT molecular complexity index is 280. The standard InChI is InChI=1S/C11H21NO4/c1-6-11(7(2)12,8(13)14)9(15)16-10(3,4)5/h7H,6,12H2,1-5H3,(H,13,14). The number of hydrogen-bond donors (Lipinski definition) is 2. The number of hydrogen-bond acceptors (Lipinski definition) is 4. The Hall–Kier alpha value is -1.10. The minimum Gasteiger partial charge on any atom is -0.480 e. The van der Waals surface area contributed by atoms with Gasteiger partial charge in [-0.15, -0.1) is 0 Å². The molecule has 0 aliphatic rings. The Kier molecular flexibility index (Phi) is 4.49. The SMILES string of the molecule is CCC(C(=O)O)(C(=O)OC(C)(C)C)C(C)N. The highest BCUT2D eigenvalue weighted by Crippen LogP contribution is 2.29. The molecule has 5 heteroatoms. The molecule has 0 aliphatic carbocycles. The van der Waals surface area contributed by atoms with Crippen molar-refractivity contribution < 1.29 is 19.4 Å². The molecule has 2 atom stereocenters. The van der Waals surface area contributed by atoms with Crippen molar-refractivity contribution in [1.29, 1.82) is 0 Å². The lowest BCUT2D eigenvalue weighted by molar-refractivity contribution is -0.178. The summed E-state index contributed by atoms with van der Waals surface area (Å²) in [7, 11) is 0. The molecule has 0 rings (SSSR count). The third kappa shape index (κ3) is 2.95. The van der Waals surface area contributed by atoms with Gasteiger partial charge in [-0.25, -0.2) is 0 Å². The van der Waals surface area contributed by atoms with E-state index in [9.17, 15) is 14.7 Å². The van der Waals surface area contributed by atoms with Gasteiger partial charge in [0.1, 0.15) is 5.60 Å². The zero-order valence-electron chi connectivity index (χ0n) is 10.5. The number of carbonyl (C=O) groups excluding carboxylic acids is 1. The minimum absolute atomic E-state index is 0.106. The number of esters is 1. The third-order valence-corrected chi connectivity index (χ3v) is 2.48. The van der Waals surface area contributed by atoms with Crippen LogP contribution >= 0.6 is 0 Å². The topological polar surface area (TPSA) is 89.6 Å². The number of nitrogens with two attached hydrogens (primary N) is 1. The van der Waals surface area contributed by atoms with Crippen LogP contribution in [0.2, 0.25) is 0 Å². The molecule has 2 unspecified atom stereocenters. The highest BCUT2D eigenvalue weighted by Gasteiger charge is 2.50. The molecule has 16 heavy (non-hydrogen) atoms. The molecule has 3 N–H and O–H groups in total. The Morgan fingerprint density at radius 2 is 1.81 bits per heavy atom. The van der Waals surface area contributed by atoms with Crippen LogP contribution < -0.4 is 5.73 Å². The van der Waals surface area contributed by atoms with E-state index in [1.807, 2.05) is 0 Å². The summed E-state index contributed by atoms with van der Waals surface area (Å²) in [5.74, 6) is -2.01. The molecule has 0 spiro atoms. The molecule has 0 saturated carbocycles. The lowest BCUT2D eigenvalue weighted by Gasteiger charge is -2.32. The molecule has 94 valence electrons. The Labute approximate surface area is 96.0 Å². The summed E-state index contributed by atoms with van der Waals surface area (Å²) in [5.41, 5.74) is 3.24. The van der Waals surface area contributed by atoms with Crippen molar-refractivity contribution in [2.75, 3.05) is 0 Å². The van der Waals surface area contributed by atoms with Gasteiger partial charge in [-0.1, -0.05) is 6.92 Å². The van der Waals surface area contributed by atoms with Crippen molar-refractivity contribution in [2.45, 2.75) is 52.7 Å². The number of carboxylic acid groups (broad SMARTS) is 1. The van der Waals surface area contributed by atoms with E-state index in [2.05, 4.69) is 0 Å². The highest BCUT2D eigenvalue weighted by molar-refractivity contribution is 6.00. The van der Waals surface area contributed by atoms with E-state index in [-0.39, 0.29) is 6.42 Å². The summed E-state index contributed by atoms with van der Waals surface area (Å²) >= 11 is 0. The lowest BCUT2D eigenvalue weighted by Crippen LogP contribution is -2.53. The molecule has 0 heterocycles. The lowest BCUT2D eigenvalue weighted by atomic mass is 9.78. The fraction of sp³-hybridized carbons (Fsp3) is 0.818. The summed E-state index contributed by atoms with van der Waals surface area (Å²) in [6.45, 7) is 8.18. The van der Waals surface area contributed by atoms with E-state index in [1.165, 1.54) is 6.92 Å². The van der Waals surface area contributed by atoms with Crippen LogP contribution in [0.4, 0.5) is 0 Å². The molecule has 0 aromatic carbocycles. The molecule has 0 radical (unpaired) electrons. The van der Waals surface area contributed by atoms with Gasteiger partial charge in [0.15, 0.2) is 5.41 Å². The summed E-state index contributed by atoms with van der Waals surface area (Å²) < 4.78 is 5.12. The van der Waals surface area contributed by atoms with E-state index in [0.29, 0.717) is 0 Å². The monoisotopic (exact) mass is 231 g/mol. The van der Waals surface area contributed by atoms with Crippen LogP contribution in [0, 0.1) is 5.41 Å². The molecular formula is C11H21NO4. The van der Waals surface area contributed by atoms with Crippen LogP contribution in [-0.4, -0.2) is 28.7 Å². The predicted molar refractivity (Wildman–Crippen MR) is 59.9 cm³/mol. The van der Waals surface area contributed by atoms with Crippen molar-refractivity contribution in [1.82, 2.24) is 0 Å². The van der Waals surface area contributed by atoms with Gasteiger partial charge in [0.25, 0.3) is 0 Å². The van der Waals surface area contributed by atoms with Gasteiger partial charge in [-0.05, 0) is 34.1 Å². The summed E-state index contributed by atoms with van der Waals surface area (Å²) in [5, 5.41) is 9.18. The third-order valence-electron chi connectivity index (χ3n) is 2.48. The first-order chi connectivity index (χ1) is 7.08. The van der Waals surface area contributed by atoms with Gasteiger partial charge in [-0.2, -0.15) is 0 Å². The summed E-state index contributed by atoms with van der Waals surface area (Å²) in [6, 6.07) is -0.801. The average molecular weight is 231 g/mol. The van der Waals surface area contributed by atoms with Gasteiger partial charge < -0.3 is 15.6 Å². The molecule has 0 saturated heterocycles. The number of rotatable bonds is 4. The number of carboxylic acids is 1. The van der Waals surface area contributed by atoms with E-state index in [0.717, 1.165) is 0 Å². The maximum Gasteiger partial charge on any atom is 0.325 e. The zero-order valence-corrected chi connectivity index (χ0v) is 10.5. The molecule has 0 bridgehead atoms. The van der Waals surface area contributed by atoms with Crippen LogP contribution in [0.5, 0.6) is 0 Å². The fourth-order valence-corrected chi connectivity index (χ4v) is 1.45. The minimum atomic E-state index is -1.66. The van der Waals surface area contributed by atoms with Crippen molar-refractivity contribution in [3.63, 3.8) is 0 Å². The number of aliphatic carboxylic acids is 1. The van der Waals surface area contributed by atoms with Crippen molar-refractivity contribution in [3.8, 4) is 0 Å². The van der Waals surface area contributed by atoms with Crippen LogP contribution in [-0.2, 0) is 14.3 Å². The smallest absolute Gasteiger partial charge is 0.325 e. The Morgan fingerprint density at radius 1 is 1.38 bits per heavy atom. The molecule has 0 fully saturated rings. The quantitative estimate of drug-likeness (QED) is 0.559. The maximum absolute atomic E-state index is 11.9. The Balaban J connectivity index is 5.20. The molecule has 0 aromatic rings. The van der Waals surface area contributed by atoms with E-state index < -0.39 is 29.0 Å². The second-order valence-electron chi connectivity index (χ2n) is 4.92. The highest BCUT2D eigenvalue weighted by atomic mass is 16.6. The second kappa shape index (κ2) is 4.82. The molecule has 0 amide bonds. The van der Waals surface area contributed by atoms with E-state index >= 15 is 0 Å². The van der Waals surface area contributed by atoms with Gasteiger partial charge >= 0.3 is 11.9 Å². The van der Waals surface area contributed by atoms with Gasteiger partial charge in [-0.3, -0.25) is 9.59 Å². The molecule has 0 aliphatic heterocycles. The Morgan fingerprint density at radius 3 is 2.00 bits per heavy atom. The molecular weight excluding hydrogens is 210 g/mol. The van der Waals surface area contributed by atoms with Crippen LogP contribution in [0.25, 0.3) is 0 Å². The zero-order chi connectivity index (χ0) is 13.1.